The van der Waals surface area contributed by atoms with Gasteiger partial charge in [-0.2, -0.15) is 5.26 Å². The summed E-state index contributed by atoms with van der Waals surface area (Å²) in [5.74, 6) is -2.81. The minimum Gasteiger partial charge on any atom is -0.343 e. The zero-order chi connectivity index (χ0) is 27.3. The van der Waals surface area contributed by atoms with Crippen LogP contribution in [0.1, 0.15) is 66.2 Å². The standard InChI is InChI=1S/C27H42N4O7/c1-25(2)35-20-15-34-27(23(22(20)36-25)37-26(3,4)38-27)16-30(5)24(33)17-8-10-18(11-9-17)29-14-21(32)31-12-6-7-19(31)13-28/h17-20,22-23,29H,6-12,14-16H2,1-5H3. The Bertz CT molecular complexity index is 960. The molecule has 1 aliphatic carbocycles. The van der Waals surface area contributed by atoms with Crippen molar-refractivity contribution in [2.45, 2.75) is 114 Å². The first-order valence-corrected chi connectivity index (χ1v) is 14.0. The first kappa shape index (κ1) is 27.7. The van der Waals surface area contributed by atoms with Crippen molar-refractivity contribution in [1.29, 1.82) is 5.26 Å². The predicted octanol–water partition coefficient (Wildman–Crippen LogP) is 1.51. The highest BCUT2D eigenvalue weighted by Crippen LogP contribution is 2.47. The van der Waals surface area contributed by atoms with Gasteiger partial charge in [-0.15, -0.1) is 0 Å². The molecule has 212 valence electrons. The van der Waals surface area contributed by atoms with Gasteiger partial charge in [0.1, 0.15) is 24.4 Å². The molecule has 5 fully saturated rings. The Morgan fingerprint density at radius 1 is 1.05 bits per heavy atom. The Labute approximate surface area is 225 Å². The number of carbonyl (C=O) groups is 2. The molecule has 0 radical (unpaired) electrons. The van der Waals surface area contributed by atoms with Gasteiger partial charge in [0, 0.05) is 25.6 Å². The molecule has 5 rings (SSSR count). The van der Waals surface area contributed by atoms with Crippen LogP contribution in [0.2, 0.25) is 0 Å². The summed E-state index contributed by atoms with van der Waals surface area (Å²) in [5.41, 5.74) is 0. The SMILES string of the molecule is CN(CC12OCC3OC(C)(C)OC3C1OC(C)(C)O2)C(=O)C1CCC(NCC(=O)N2CCCC2C#N)CC1. The van der Waals surface area contributed by atoms with E-state index in [9.17, 15) is 14.9 Å². The van der Waals surface area contributed by atoms with Crippen LogP contribution < -0.4 is 5.32 Å². The van der Waals surface area contributed by atoms with E-state index in [-0.39, 0.29) is 55.1 Å². The van der Waals surface area contributed by atoms with Crippen LogP contribution in [-0.4, -0.2) is 103 Å². The van der Waals surface area contributed by atoms with Gasteiger partial charge < -0.3 is 38.8 Å². The van der Waals surface area contributed by atoms with Crippen molar-refractivity contribution in [3.05, 3.63) is 0 Å². The molecule has 1 saturated carbocycles. The molecule has 0 bridgehead atoms. The molecule has 5 aliphatic rings. The van der Waals surface area contributed by atoms with Gasteiger partial charge in [0.2, 0.25) is 17.6 Å². The third-order valence-corrected chi connectivity index (χ3v) is 8.45. The summed E-state index contributed by atoms with van der Waals surface area (Å²) in [6.45, 7) is 8.86. The van der Waals surface area contributed by atoms with Gasteiger partial charge in [-0.3, -0.25) is 9.59 Å². The number of amides is 2. The summed E-state index contributed by atoms with van der Waals surface area (Å²) < 4.78 is 31.0. The lowest BCUT2D eigenvalue weighted by Gasteiger charge is -2.43. The summed E-state index contributed by atoms with van der Waals surface area (Å²) in [6, 6.07) is 2.11. The van der Waals surface area contributed by atoms with Gasteiger partial charge in [-0.05, 0) is 66.2 Å². The van der Waals surface area contributed by atoms with Crippen LogP contribution >= 0.6 is 0 Å². The minimum atomic E-state index is -1.13. The minimum absolute atomic E-state index is 0.0164. The Morgan fingerprint density at radius 2 is 1.79 bits per heavy atom. The normalized spacial score (nSPS) is 39.3. The number of rotatable bonds is 6. The van der Waals surface area contributed by atoms with E-state index < -0.39 is 23.5 Å². The monoisotopic (exact) mass is 534 g/mol. The first-order chi connectivity index (χ1) is 17.9. The quantitative estimate of drug-likeness (QED) is 0.540. The molecular formula is C27H42N4O7. The lowest BCUT2D eigenvalue weighted by atomic mass is 9.85. The van der Waals surface area contributed by atoms with E-state index in [4.69, 9.17) is 23.7 Å². The molecule has 0 spiro atoms. The molecule has 38 heavy (non-hydrogen) atoms. The Balaban J connectivity index is 1.14. The largest absolute Gasteiger partial charge is 0.343 e. The molecule has 4 heterocycles. The molecule has 5 atom stereocenters. The fourth-order valence-electron chi connectivity index (χ4n) is 6.76. The van der Waals surface area contributed by atoms with Gasteiger partial charge in [0.25, 0.3) is 0 Å². The fraction of sp³-hybridized carbons (Fsp3) is 0.889. The van der Waals surface area contributed by atoms with Crippen molar-refractivity contribution >= 4 is 11.8 Å². The summed E-state index contributed by atoms with van der Waals surface area (Å²) in [6.07, 6.45) is 3.63. The summed E-state index contributed by atoms with van der Waals surface area (Å²) >= 11 is 0. The van der Waals surface area contributed by atoms with Crippen molar-refractivity contribution in [3.63, 3.8) is 0 Å². The lowest BCUT2D eigenvalue weighted by molar-refractivity contribution is -0.284. The van der Waals surface area contributed by atoms with Crippen LogP contribution in [0.25, 0.3) is 0 Å². The van der Waals surface area contributed by atoms with Crippen LogP contribution in [0, 0.1) is 17.2 Å². The Morgan fingerprint density at radius 3 is 2.50 bits per heavy atom. The summed E-state index contributed by atoms with van der Waals surface area (Å²) in [7, 11) is 1.79. The molecular weight excluding hydrogens is 492 g/mol. The smallest absolute Gasteiger partial charge is 0.237 e. The second-order valence-electron chi connectivity index (χ2n) is 12.3. The number of hydrogen-bond donors (Lipinski definition) is 1. The number of nitrogens with one attached hydrogen (secondary N) is 1. The Kier molecular flexibility index (Phi) is 7.52. The van der Waals surface area contributed by atoms with E-state index >= 15 is 0 Å². The van der Waals surface area contributed by atoms with E-state index in [0.717, 1.165) is 38.5 Å². The van der Waals surface area contributed by atoms with Gasteiger partial charge >= 0.3 is 0 Å². The maximum atomic E-state index is 13.5. The highest BCUT2D eigenvalue weighted by molar-refractivity contribution is 5.79. The molecule has 1 N–H and O–H groups in total. The average Bonchev–Trinajstić information content (AvgIpc) is 3.54. The molecule has 4 saturated heterocycles. The molecule has 2 amide bonds. The second-order valence-corrected chi connectivity index (χ2v) is 12.3. The predicted molar refractivity (Wildman–Crippen MR) is 134 cm³/mol. The van der Waals surface area contributed by atoms with Gasteiger partial charge in [0.05, 0.1) is 25.8 Å². The van der Waals surface area contributed by atoms with Crippen LogP contribution in [-0.2, 0) is 33.3 Å². The van der Waals surface area contributed by atoms with E-state index in [0.29, 0.717) is 13.2 Å². The number of hydrogen-bond acceptors (Lipinski definition) is 9. The van der Waals surface area contributed by atoms with Gasteiger partial charge in [0.15, 0.2) is 11.6 Å². The molecule has 4 aliphatic heterocycles. The summed E-state index contributed by atoms with van der Waals surface area (Å²) in [5, 5.41) is 12.6. The Hall–Kier alpha value is -1.81. The van der Waals surface area contributed by atoms with Crippen molar-refractivity contribution in [1.82, 2.24) is 15.1 Å². The maximum Gasteiger partial charge on any atom is 0.237 e. The van der Waals surface area contributed by atoms with E-state index in [1.807, 2.05) is 27.7 Å². The molecule has 0 aromatic heterocycles. The van der Waals surface area contributed by atoms with E-state index in [1.165, 1.54) is 0 Å². The third kappa shape index (κ3) is 5.44. The third-order valence-electron chi connectivity index (χ3n) is 8.45. The molecule has 5 unspecified atom stereocenters. The summed E-state index contributed by atoms with van der Waals surface area (Å²) in [4.78, 5) is 29.4. The maximum absolute atomic E-state index is 13.5. The lowest BCUT2D eigenvalue weighted by Crippen LogP contribution is -2.63. The average molecular weight is 535 g/mol. The number of nitriles is 1. The van der Waals surface area contributed by atoms with Crippen molar-refractivity contribution < 1.29 is 33.3 Å². The highest BCUT2D eigenvalue weighted by Gasteiger charge is 2.65. The van der Waals surface area contributed by atoms with Crippen LogP contribution in [0.4, 0.5) is 0 Å². The topological polar surface area (TPSA) is 123 Å². The van der Waals surface area contributed by atoms with Crippen LogP contribution in [0.5, 0.6) is 0 Å². The van der Waals surface area contributed by atoms with E-state index in [2.05, 4.69) is 11.4 Å². The van der Waals surface area contributed by atoms with Crippen LogP contribution in [0.15, 0.2) is 0 Å². The fourth-order valence-corrected chi connectivity index (χ4v) is 6.76. The van der Waals surface area contributed by atoms with E-state index in [1.54, 1.807) is 16.8 Å². The van der Waals surface area contributed by atoms with Gasteiger partial charge in [-0.1, -0.05) is 0 Å². The molecule has 11 nitrogen and oxygen atoms in total. The van der Waals surface area contributed by atoms with Gasteiger partial charge in [-0.25, -0.2) is 0 Å². The number of fused-ring (bicyclic) bond motifs is 3. The number of ether oxygens (including phenoxy) is 5. The van der Waals surface area contributed by atoms with Crippen molar-refractivity contribution in [2.75, 3.05) is 33.3 Å². The zero-order valence-corrected chi connectivity index (χ0v) is 23.2. The van der Waals surface area contributed by atoms with Crippen LogP contribution in [0.3, 0.4) is 0 Å². The number of likely N-dealkylation sites (tertiary alicyclic amines) is 1. The number of likely N-dealkylation sites (N-methyl/N-ethyl adjacent to an activating group) is 1. The zero-order valence-electron chi connectivity index (χ0n) is 23.2. The highest BCUT2D eigenvalue weighted by atomic mass is 16.9. The van der Waals surface area contributed by atoms with Crippen molar-refractivity contribution in [3.8, 4) is 6.07 Å². The first-order valence-electron chi connectivity index (χ1n) is 14.0. The molecule has 0 aromatic rings. The molecule has 11 heteroatoms. The number of carbonyl (C=O) groups excluding carboxylic acids is 2. The van der Waals surface area contributed by atoms with Crippen molar-refractivity contribution in [2.24, 2.45) is 5.92 Å². The molecule has 0 aromatic carbocycles. The number of nitrogens with zero attached hydrogens (tertiary/aromatic N) is 3. The second kappa shape index (κ2) is 10.3.